The van der Waals surface area contributed by atoms with E-state index in [1.54, 1.807) is 12.1 Å². The average molecular weight is 338 g/mol. The van der Waals surface area contributed by atoms with Gasteiger partial charge in [-0.1, -0.05) is 18.2 Å². The predicted molar refractivity (Wildman–Crippen MR) is 101 cm³/mol. The second-order valence-corrected chi connectivity index (χ2v) is 6.83. The van der Waals surface area contributed by atoms with E-state index in [4.69, 9.17) is 4.74 Å². The van der Waals surface area contributed by atoms with Crippen molar-refractivity contribution in [3.8, 4) is 5.75 Å². The largest absolute Gasteiger partial charge is 0.491 e. The molecule has 0 spiro atoms. The third-order valence-electron chi connectivity index (χ3n) is 4.26. The van der Waals surface area contributed by atoms with Gasteiger partial charge in [0, 0.05) is 17.8 Å². The van der Waals surface area contributed by atoms with Crippen LogP contribution >= 0.6 is 0 Å². The zero-order valence-electron chi connectivity index (χ0n) is 15.0. The van der Waals surface area contributed by atoms with Gasteiger partial charge in [0.1, 0.15) is 5.75 Å². The molecule has 3 rings (SSSR count). The van der Waals surface area contributed by atoms with Gasteiger partial charge in [-0.15, -0.1) is 0 Å². The summed E-state index contributed by atoms with van der Waals surface area (Å²) in [6.45, 7) is 7.22. The molecular weight excluding hydrogens is 312 g/mol. The molecule has 132 valence electrons. The number of hydrogen-bond acceptors (Lipinski definition) is 3. The quantitative estimate of drug-likeness (QED) is 0.853. The lowest BCUT2D eigenvalue weighted by Crippen LogP contribution is -2.18. The second kappa shape index (κ2) is 8.17. The van der Waals surface area contributed by atoms with Crippen molar-refractivity contribution in [2.75, 3.05) is 18.4 Å². The van der Waals surface area contributed by atoms with Crippen molar-refractivity contribution in [1.29, 1.82) is 0 Å². The standard InChI is InChI=1S/C21H26N2O2/c1-16(2)25-20-10-6-8-18(14-20)21(24)22-19-9-5-7-17(13-19)15-23-11-3-4-12-23/h5-10,13-14,16H,3-4,11-12,15H2,1-2H3,(H,22,24). The van der Waals surface area contributed by atoms with Gasteiger partial charge < -0.3 is 10.1 Å². The van der Waals surface area contributed by atoms with Crippen molar-refractivity contribution >= 4 is 11.6 Å². The number of hydrogen-bond donors (Lipinski definition) is 1. The molecule has 0 unspecified atom stereocenters. The number of benzene rings is 2. The molecule has 0 atom stereocenters. The minimum Gasteiger partial charge on any atom is -0.491 e. The number of nitrogens with zero attached hydrogens (tertiary/aromatic N) is 1. The van der Waals surface area contributed by atoms with Crippen LogP contribution in [0.15, 0.2) is 48.5 Å². The highest BCUT2D eigenvalue weighted by Crippen LogP contribution is 2.19. The highest BCUT2D eigenvalue weighted by atomic mass is 16.5. The summed E-state index contributed by atoms with van der Waals surface area (Å²) >= 11 is 0. The van der Waals surface area contributed by atoms with Gasteiger partial charge in [0.05, 0.1) is 6.10 Å². The van der Waals surface area contributed by atoms with Crippen LogP contribution in [0.25, 0.3) is 0 Å². The molecule has 0 aliphatic carbocycles. The molecule has 0 bridgehead atoms. The fourth-order valence-electron chi connectivity index (χ4n) is 3.13. The monoisotopic (exact) mass is 338 g/mol. The fourth-order valence-corrected chi connectivity index (χ4v) is 3.13. The van der Waals surface area contributed by atoms with Gasteiger partial charge >= 0.3 is 0 Å². The molecule has 4 nitrogen and oxygen atoms in total. The number of rotatable bonds is 6. The lowest BCUT2D eigenvalue weighted by atomic mass is 10.1. The Kier molecular flexibility index (Phi) is 5.71. The van der Waals surface area contributed by atoms with Crippen molar-refractivity contribution in [2.24, 2.45) is 0 Å². The van der Waals surface area contributed by atoms with E-state index >= 15 is 0 Å². The number of likely N-dealkylation sites (tertiary alicyclic amines) is 1. The molecule has 0 aromatic heterocycles. The van der Waals surface area contributed by atoms with Crippen molar-refractivity contribution < 1.29 is 9.53 Å². The predicted octanol–water partition coefficient (Wildman–Crippen LogP) is 4.32. The molecule has 1 saturated heterocycles. The van der Waals surface area contributed by atoms with Crippen LogP contribution in [0.1, 0.15) is 42.6 Å². The van der Waals surface area contributed by atoms with Crippen LogP contribution in [0.2, 0.25) is 0 Å². The van der Waals surface area contributed by atoms with E-state index in [2.05, 4.69) is 22.3 Å². The Hall–Kier alpha value is -2.33. The summed E-state index contributed by atoms with van der Waals surface area (Å²) in [6, 6.07) is 15.4. The van der Waals surface area contributed by atoms with E-state index in [0.29, 0.717) is 11.3 Å². The SMILES string of the molecule is CC(C)Oc1cccc(C(=O)Nc2cccc(CN3CCCC3)c2)c1. The molecule has 1 heterocycles. The first-order valence-electron chi connectivity index (χ1n) is 8.99. The van der Waals surface area contributed by atoms with E-state index in [0.717, 1.165) is 12.2 Å². The number of amides is 1. The molecule has 0 saturated carbocycles. The van der Waals surface area contributed by atoms with Crippen LogP contribution in [-0.2, 0) is 6.54 Å². The Morgan fingerprint density at radius 2 is 1.88 bits per heavy atom. The summed E-state index contributed by atoms with van der Waals surface area (Å²) in [5.41, 5.74) is 2.66. The third kappa shape index (κ3) is 5.07. The first-order valence-corrected chi connectivity index (χ1v) is 8.99. The zero-order chi connectivity index (χ0) is 17.6. The van der Waals surface area contributed by atoms with E-state index in [1.807, 2.05) is 38.1 Å². The summed E-state index contributed by atoms with van der Waals surface area (Å²) < 4.78 is 5.66. The molecule has 25 heavy (non-hydrogen) atoms. The highest BCUT2D eigenvalue weighted by molar-refractivity contribution is 6.04. The maximum absolute atomic E-state index is 12.5. The topological polar surface area (TPSA) is 41.6 Å². The molecule has 1 aliphatic rings. The minimum absolute atomic E-state index is 0.0839. The maximum Gasteiger partial charge on any atom is 0.255 e. The molecule has 2 aromatic rings. The van der Waals surface area contributed by atoms with E-state index in [9.17, 15) is 4.79 Å². The summed E-state index contributed by atoms with van der Waals surface area (Å²) in [7, 11) is 0. The van der Waals surface area contributed by atoms with Crippen LogP contribution in [0.5, 0.6) is 5.75 Å². The summed E-state index contributed by atoms with van der Waals surface area (Å²) in [4.78, 5) is 15.0. The lowest BCUT2D eigenvalue weighted by Gasteiger charge is -2.15. The number of carbonyl (C=O) groups is 1. The van der Waals surface area contributed by atoms with Gasteiger partial charge in [-0.25, -0.2) is 0 Å². The van der Waals surface area contributed by atoms with Crippen LogP contribution in [0, 0.1) is 0 Å². The minimum atomic E-state index is -0.118. The third-order valence-corrected chi connectivity index (χ3v) is 4.26. The Morgan fingerprint density at radius 1 is 1.12 bits per heavy atom. The number of ether oxygens (including phenoxy) is 1. The Labute approximate surface area is 149 Å². The van der Waals surface area contributed by atoms with Crippen molar-refractivity contribution in [1.82, 2.24) is 4.90 Å². The van der Waals surface area contributed by atoms with Gasteiger partial charge in [-0.3, -0.25) is 9.69 Å². The van der Waals surface area contributed by atoms with Gasteiger partial charge in [0.2, 0.25) is 0 Å². The van der Waals surface area contributed by atoms with Crippen molar-refractivity contribution in [3.63, 3.8) is 0 Å². The smallest absolute Gasteiger partial charge is 0.255 e. The lowest BCUT2D eigenvalue weighted by molar-refractivity contribution is 0.102. The molecule has 2 aromatic carbocycles. The zero-order valence-corrected chi connectivity index (χ0v) is 15.0. The van der Waals surface area contributed by atoms with Gasteiger partial charge in [0.15, 0.2) is 0 Å². The first-order chi connectivity index (χ1) is 12.1. The number of anilines is 1. The first kappa shape index (κ1) is 17.5. The van der Waals surface area contributed by atoms with Gasteiger partial charge in [0.25, 0.3) is 5.91 Å². The normalized spacial score (nSPS) is 14.7. The molecule has 4 heteroatoms. The van der Waals surface area contributed by atoms with Crippen LogP contribution in [-0.4, -0.2) is 30.0 Å². The number of carbonyl (C=O) groups excluding carboxylic acids is 1. The van der Waals surface area contributed by atoms with Crippen molar-refractivity contribution in [2.45, 2.75) is 39.3 Å². The molecule has 0 radical (unpaired) electrons. The maximum atomic E-state index is 12.5. The molecule has 1 aliphatic heterocycles. The molecule has 1 N–H and O–H groups in total. The summed E-state index contributed by atoms with van der Waals surface area (Å²) in [6.07, 6.45) is 2.65. The van der Waals surface area contributed by atoms with Crippen LogP contribution < -0.4 is 10.1 Å². The van der Waals surface area contributed by atoms with Crippen LogP contribution in [0.3, 0.4) is 0 Å². The van der Waals surface area contributed by atoms with E-state index < -0.39 is 0 Å². The molecule has 1 fully saturated rings. The van der Waals surface area contributed by atoms with Crippen LogP contribution in [0.4, 0.5) is 5.69 Å². The molecule has 1 amide bonds. The average Bonchev–Trinajstić information content (AvgIpc) is 3.08. The Morgan fingerprint density at radius 3 is 2.64 bits per heavy atom. The highest BCUT2D eigenvalue weighted by Gasteiger charge is 2.12. The molecular formula is C21H26N2O2. The van der Waals surface area contributed by atoms with E-state index in [-0.39, 0.29) is 12.0 Å². The van der Waals surface area contributed by atoms with Gasteiger partial charge in [-0.05, 0) is 75.7 Å². The van der Waals surface area contributed by atoms with E-state index in [1.165, 1.54) is 31.5 Å². The van der Waals surface area contributed by atoms with Crippen molar-refractivity contribution in [3.05, 3.63) is 59.7 Å². The Bertz CT molecular complexity index is 721. The summed E-state index contributed by atoms with van der Waals surface area (Å²) in [5.74, 6) is 0.595. The Balaban J connectivity index is 1.66. The second-order valence-electron chi connectivity index (χ2n) is 6.83. The van der Waals surface area contributed by atoms with Gasteiger partial charge in [-0.2, -0.15) is 0 Å². The fraction of sp³-hybridized carbons (Fsp3) is 0.381. The number of nitrogens with one attached hydrogen (secondary N) is 1. The summed E-state index contributed by atoms with van der Waals surface area (Å²) in [5, 5.41) is 2.99.